The molecule has 0 amide bonds. The largest absolute Gasteiger partial charge is 0.309 e. The fraction of sp³-hybridized carbons (Fsp3) is 0.0323. The summed E-state index contributed by atoms with van der Waals surface area (Å²) in [5.74, 6) is 0. The summed E-state index contributed by atoms with van der Waals surface area (Å²) in [7, 11) is 2.14. The number of hydrogen-bond donors (Lipinski definition) is 0. The molecule has 0 saturated heterocycles. The molecule has 0 aliphatic carbocycles. The van der Waals surface area contributed by atoms with E-state index in [9.17, 15) is 0 Å². The van der Waals surface area contributed by atoms with Crippen LogP contribution >= 0.6 is 0 Å². The molecule has 34 heavy (non-hydrogen) atoms. The molecule has 0 radical (unpaired) electrons. The molecule has 0 spiro atoms. The summed E-state index contributed by atoms with van der Waals surface area (Å²) in [5.41, 5.74) is 9.88. The van der Waals surface area contributed by atoms with Crippen LogP contribution < -0.4 is 5.46 Å². The molecule has 2 nitrogen and oxygen atoms in total. The van der Waals surface area contributed by atoms with Gasteiger partial charge in [0.1, 0.15) is 7.85 Å². The minimum Gasteiger partial charge on any atom is -0.309 e. The predicted octanol–water partition coefficient (Wildman–Crippen LogP) is 6.45. The van der Waals surface area contributed by atoms with E-state index in [0.29, 0.717) is 0 Å². The maximum atomic E-state index is 2.40. The number of para-hydroxylation sites is 2. The van der Waals surface area contributed by atoms with Gasteiger partial charge in [-0.1, -0.05) is 71.7 Å². The van der Waals surface area contributed by atoms with Crippen LogP contribution in [0.2, 0.25) is 0 Å². The lowest BCUT2D eigenvalue weighted by molar-refractivity contribution is 1.17. The number of aromatic nitrogens is 2. The average Bonchev–Trinajstić information content (AvgIpc) is 3.38. The van der Waals surface area contributed by atoms with Gasteiger partial charge in [0.15, 0.2) is 0 Å². The summed E-state index contributed by atoms with van der Waals surface area (Å²) in [5, 5.41) is 5.21. The van der Waals surface area contributed by atoms with Crippen molar-refractivity contribution >= 4 is 56.9 Å². The number of aryl methyl sites for hydroxylation is 1. The van der Waals surface area contributed by atoms with Crippen molar-refractivity contribution in [3.05, 3.63) is 115 Å². The Kier molecular flexibility index (Phi) is 4.04. The summed E-state index contributed by atoms with van der Waals surface area (Å²) < 4.78 is 4.81. The summed E-state index contributed by atoms with van der Waals surface area (Å²) in [6.45, 7) is 2.14. The Balaban J connectivity index is 1.69. The number of fused-ring (bicyclic) bond motifs is 7. The highest BCUT2D eigenvalue weighted by Crippen LogP contribution is 2.42. The number of benzene rings is 5. The van der Waals surface area contributed by atoms with Gasteiger partial charge in [-0.3, -0.25) is 0 Å². The van der Waals surface area contributed by atoms with E-state index in [0.717, 1.165) is 0 Å². The first-order valence-corrected chi connectivity index (χ1v) is 11.8. The monoisotopic (exact) mass is 434 g/mol. The molecule has 7 rings (SSSR count). The average molecular weight is 434 g/mol. The van der Waals surface area contributed by atoms with Crippen molar-refractivity contribution in [2.75, 3.05) is 0 Å². The molecule has 5 aromatic carbocycles. The second-order valence-electron chi connectivity index (χ2n) is 9.23. The molecule has 0 atom stereocenters. The summed E-state index contributed by atoms with van der Waals surface area (Å²) in [6, 6.07) is 39.8. The van der Waals surface area contributed by atoms with E-state index in [2.05, 4.69) is 133 Å². The first kappa shape index (κ1) is 19.3. The van der Waals surface area contributed by atoms with Gasteiger partial charge in [0.25, 0.3) is 0 Å². The Morgan fingerprint density at radius 2 is 0.912 bits per heavy atom. The van der Waals surface area contributed by atoms with Gasteiger partial charge in [-0.2, -0.15) is 0 Å². The van der Waals surface area contributed by atoms with Gasteiger partial charge in [-0.15, -0.1) is 0 Å². The van der Waals surface area contributed by atoms with Crippen molar-refractivity contribution in [1.82, 2.24) is 9.13 Å². The summed E-state index contributed by atoms with van der Waals surface area (Å²) in [6.07, 6.45) is 0. The van der Waals surface area contributed by atoms with E-state index < -0.39 is 0 Å². The van der Waals surface area contributed by atoms with Crippen LogP contribution in [0.4, 0.5) is 0 Å². The van der Waals surface area contributed by atoms with Crippen molar-refractivity contribution in [3.63, 3.8) is 0 Å². The molecular weight excluding hydrogens is 411 g/mol. The van der Waals surface area contributed by atoms with Crippen molar-refractivity contribution in [3.8, 4) is 11.4 Å². The second-order valence-corrected chi connectivity index (χ2v) is 9.23. The molecule has 0 aliphatic heterocycles. The topological polar surface area (TPSA) is 9.86 Å². The van der Waals surface area contributed by atoms with Crippen LogP contribution in [-0.4, -0.2) is 17.0 Å². The van der Waals surface area contributed by atoms with Gasteiger partial charge in [-0.05, 0) is 55.5 Å². The predicted molar refractivity (Wildman–Crippen MR) is 148 cm³/mol. The Labute approximate surface area is 199 Å². The van der Waals surface area contributed by atoms with Crippen molar-refractivity contribution in [1.29, 1.82) is 0 Å². The lowest BCUT2D eigenvalue weighted by Gasteiger charge is -2.10. The maximum absolute atomic E-state index is 2.40. The molecule has 2 heterocycles. The van der Waals surface area contributed by atoms with E-state index in [1.54, 1.807) is 0 Å². The smallest absolute Gasteiger partial charge is 0.139 e. The van der Waals surface area contributed by atoms with E-state index in [-0.39, 0.29) is 0 Å². The first-order chi connectivity index (χ1) is 16.7. The molecule has 0 bridgehead atoms. The van der Waals surface area contributed by atoms with Crippen LogP contribution in [0.15, 0.2) is 109 Å². The SMILES string of the molecule is Bc1ccc(-n2c3ccccc3c3c4c5ccccc5n(-c5ccc(C)cc5)c4ccc32)cc1. The molecular formula is C31H23BN2. The van der Waals surface area contributed by atoms with E-state index in [1.165, 1.54) is 66.0 Å². The number of rotatable bonds is 2. The van der Waals surface area contributed by atoms with Crippen LogP contribution in [0.1, 0.15) is 5.56 Å². The number of nitrogens with zero attached hydrogens (tertiary/aromatic N) is 2. The fourth-order valence-corrected chi connectivity index (χ4v) is 5.46. The third kappa shape index (κ3) is 2.64. The van der Waals surface area contributed by atoms with E-state index in [1.807, 2.05) is 0 Å². The Morgan fingerprint density at radius 1 is 0.471 bits per heavy atom. The van der Waals surface area contributed by atoms with Crippen LogP contribution in [0.3, 0.4) is 0 Å². The molecule has 160 valence electrons. The number of hydrogen-bond acceptors (Lipinski definition) is 0. The molecule has 0 unspecified atom stereocenters. The van der Waals surface area contributed by atoms with Gasteiger partial charge in [0, 0.05) is 32.9 Å². The van der Waals surface area contributed by atoms with Crippen molar-refractivity contribution in [2.45, 2.75) is 6.92 Å². The highest BCUT2D eigenvalue weighted by atomic mass is 15.0. The van der Waals surface area contributed by atoms with Gasteiger partial charge in [0.2, 0.25) is 0 Å². The fourth-order valence-electron chi connectivity index (χ4n) is 5.46. The molecule has 0 N–H and O–H groups in total. The highest BCUT2D eigenvalue weighted by molar-refractivity contribution is 6.32. The van der Waals surface area contributed by atoms with Crippen molar-refractivity contribution in [2.24, 2.45) is 0 Å². The summed E-state index contributed by atoms with van der Waals surface area (Å²) in [4.78, 5) is 0. The van der Waals surface area contributed by atoms with Gasteiger partial charge in [-0.25, -0.2) is 0 Å². The third-order valence-electron chi connectivity index (χ3n) is 7.06. The van der Waals surface area contributed by atoms with E-state index >= 15 is 0 Å². The Bertz CT molecular complexity index is 1710. The molecule has 3 heteroatoms. The third-order valence-corrected chi connectivity index (χ3v) is 7.06. The van der Waals surface area contributed by atoms with Gasteiger partial charge >= 0.3 is 0 Å². The lowest BCUT2D eigenvalue weighted by Crippen LogP contribution is -2.02. The zero-order chi connectivity index (χ0) is 22.8. The van der Waals surface area contributed by atoms with Crippen molar-refractivity contribution < 1.29 is 0 Å². The maximum Gasteiger partial charge on any atom is 0.139 e. The highest BCUT2D eigenvalue weighted by Gasteiger charge is 2.19. The zero-order valence-corrected chi connectivity index (χ0v) is 19.3. The first-order valence-electron chi connectivity index (χ1n) is 11.8. The van der Waals surface area contributed by atoms with Crippen LogP contribution in [0, 0.1) is 6.92 Å². The molecule has 7 aromatic rings. The van der Waals surface area contributed by atoms with Gasteiger partial charge in [0.05, 0.1) is 22.1 Å². The lowest BCUT2D eigenvalue weighted by atomic mass is 9.96. The Hall–Kier alpha value is -4.24. The van der Waals surface area contributed by atoms with Crippen LogP contribution in [0.5, 0.6) is 0 Å². The second kappa shape index (κ2) is 7.13. The Morgan fingerprint density at radius 3 is 1.41 bits per heavy atom. The van der Waals surface area contributed by atoms with Crippen LogP contribution in [0.25, 0.3) is 55.0 Å². The quantitative estimate of drug-likeness (QED) is 0.277. The van der Waals surface area contributed by atoms with Crippen LogP contribution in [-0.2, 0) is 0 Å². The molecule has 0 aliphatic rings. The molecule has 0 fully saturated rings. The minimum absolute atomic E-state index is 1.19. The normalized spacial score (nSPS) is 11.8. The standard InChI is InChI=1S/C31H23BN2/c1-20-10-14-22(15-11-20)33-26-8-4-2-6-24(26)30-28(33)18-19-29-31(30)25-7-3-5-9-27(25)34(29)23-16-12-21(32)13-17-23/h2-19H,32H2,1H3. The van der Waals surface area contributed by atoms with E-state index in [4.69, 9.17) is 0 Å². The zero-order valence-electron chi connectivity index (χ0n) is 19.3. The minimum atomic E-state index is 1.19. The molecule has 2 aromatic heterocycles. The van der Waals surface area contributed by atoms with Gasteiger partial charge < -0.3 is 9.13 Å². The summed E-state index contributed by atoms with van der Waals surface area (Å²) >= 11 is 0. The molecule has 0 saturated carbocycles.